The summed E-state index contributed by atoms with van der Waals surface area (Å²) in [6.07, 6.45) is 1.66. The lowest BCUT2D eigenvalue weighted by atomic mass is 9.90. The van der Waals surface area contributed by atoms with E-state index in [0.717, 1.165) is 17.3 Å². The quantitative estimate of drug-likeness (QED) is 0.809. The molecule has 4 heteroatoms. The first kappa shape index (κ1) is 16.2. The zero-order valence-electron chi connectivity index (χ0n) is 11.7. The van der Waals surface area contributed by atoms with Crippen molar-refractivity contribution >= 4 is 21.8 Å². The number of benzene rings is 1. The minimum Gasteiger partial charge on any atom is -0.355 e. The number of rotatable bonds is 7. The number of carbonyl (C=O) groups is 1. The molecule has 1 atom stereocenters. The standard InChI is InChI=1S/C15H23BrN2O/c1-11(2)8-13(15(19)18-7-6-17)9-12-4-3-5-14(16)10-12/h3-5,10-11,13H,6-9,17H2,1-2H3,(H,18,19). The van der Waals surface area contributed by atoms with Crippen LogP contribution in [0.5, 0.6) is 0 Å². The fourth-order valence-corrected chi connectivity index (χ4v) is 2.59. The molecule has 0 aliphatic rings. The Morgan fingerprint density at radius 3 is 2.74 bits per heavy atom. The van der Waals surface area contributed by atoms with Gasteiger partial charge in [-0.2, -0.15) is 0 Å². The Kier molecular flexibility index (Phi) is 7.10. The van der Waals surface area contributed by atoms with Crippen LogP contribution in [0.2, 0.25) is 0 Å². The van der Waals surface area contributed by atoms with E-state index in [1.165, 1.54) is 5.56 Å². The van der Waals surface area contributed by atoms with Gasteiger partial charge in [0, 0.05) is 23.5 Å². The van der Waals surface area contributed by atoms with Crippen LogP contribution in [0.3, 0.4) is 0 Å². The Hall–Kier alpha value is -0.870. The summed E-state index contributed by atoms with van der Waals surface area (Å²) in [5, 5.41) is 2.90. The molecule has 1 rings (SSSR count). The van der Waals surface area contributed by atoms with Gasteiger partial charge < -0.3 is 11.1 Å². The van der Waals surface area contributed by atoms with Crippen molar-refractivity contribution in [2.45, 2.75) is 26.7 Å². The molecule has 0 heterocycles. The van der Waals surface area contributed by atoms with Crippen LogP contribution in [-0.2, 0) is 11.2 Å². The molecule has 0 saturated heterocycles. The Labute approximate surface area is 124 Å². The Morgan fingerprint density at radius 1 is 1.42 bits per heavy atom. The van der Waals surface area contributed by atoms with Crippen LogP contribution in [0, 0.1) is 11.8 Å². The zero-order valence-corrected chi connectivity index (χ0v) is 13.2. The van der Waals surface area contributed by atoms with Gasteiger partial charge in [0.05, 0.1) is 0 Å². The minimum absolute atomic E-state index is 0.0147. The van der Waals surface area contributed by atoms with Gasteiger partial charge in [0.1, 0.15) is 0 Å². The van der Waals surface area contributed by atoms with Gasteiger partial charge in [-0.25, -0.2) is 0 Å². The number of carbonyl (C=O) groups excluding carboxylic acids is 1. The molecule has 106 valence electrons. The fraction of sp³-hybridized carbons (Fsp3) is 0.533. The minimum atomic E-state index is 0.0147. The average molecular weight is 327 g/mol. The molecule has 1 amide bonds. The predicted molar refractivity (Wildman–Crippen MR) is 82.9 cm³/mol. The molecular formula is C15H23BrN2O. The molecule has 0 aliphatic carbocycles. The van der Waals surface area contributed by atoms with E-state index in [1.807, 2.05) is 12.1 Å². The first-order valence-electron chi connectivity index (χ1n) is 6.75. The third-order valence-corrected chi connectivity index (χ3v) is 3.43. The van der Waals surface area contributed by atoms with E-state index in [2.05, 4.69) is 47.2 Å². The maximum Gasteiger partial charge on any atom is 0.223 e. The van der Waals surface area contributed by atoms with Crippen molar-refractivity contribution < 1.29 is 4.79 Å². The maximum absolute atomic E-state index is 12.1. The average Bonchev–Trinajstić information content (AvgIpc) is 2.34. The van der Waals surface area contributed by atoms with Gasteiger partial charge in [-0.05, 0) is 36.5 Å². The zero-order chi connectivity index (χ0) is 14.3. The summed E-state index contributed by atoms with van der Waals surface area (Å²) in [5.41, 5.74) is 6.61. The fourth-order valence-electron chi connectivity index (χ4n) is 2.14. The summed E-state index contributed by atoms with van der Waals surface area (Å²) in [7, 11) is 0. The van der Waals surface area contributed by atoms with E-state index in [9.17, 15) is 4.79 Å². The molecule has 0 aliphatic heterocycles. The first-order valence-corrected chi connectivity index (χ1v) is 7.54. The Bertz CT molecular complexity index is 407. The summed E-state index contributed by atoms with van der Waals surface area (Å²) in [6.45, 7) is 5.32. The summed E-state index contributed by atoms with van der Waals surface area (Å²) < 4.78 is 1.05. The van der Waals surface area contributed by atoms with Gasteiger partial charge in [-0.15, -0.1) is 0 Å². The smallest absolute Gasteiger partial charge is 0.223 e. The van der Waals surface area contributed by atoms with Gasteiger partial charge in [-0.1, -0.05) is 41.9 Å². The van der Waals surface area contributed by atoms with E-state index in [-0.39, 0.29) is 11.8 Å². The molecule has 3 nitrogen and oxygen atoms in total. The van der Waals surface area contributed by atoms with E-state index in [4.69, 9.17) is 5.73 Å². The van der Waals surface area contributed by atoms with Crippen LogP contribution >= 0.6 is 15.9 Å². The third kappa shape index (κ3) is 6.21. The molecule has 0 fully saturated rings. The first-order chi connectivity index (χ1) is 9.02. The van der Waals surface area contributed by atoms with Crippen molar-refractivity contribution in [2.24, 2.45) is 17.6 Å². The highest BCUT2D eigenvalue weighted by molar-refractivity contribution is 9.10. The Morgan fingerprint density at radius 2 is 2.16 bits per heavy atom. The van der Waals surface area contributed by atoms with Crippen LogP contribution in [0.15, 0.2) is 28.7 Å². The normalized spacial score (nSPS) is 12.5. The Balaban J connectivity index is 2.71. The van der Waals surface area contributed by atoms with Crippen molar-refractivity contribution in [1.29, 1.82) is 0 Å². The maximum atomic E-state index is 12.1. The summed E-state index contributed by atoms with van der Waals surface area (Å²) in [6, 6.07) is 8.14. The number of halogens is 1. The van der Waals surface area contributed by atoms with Crippen LogP contribution < -0.4 is 11.1 Å². The summed E-state index contributed by atoms with van der Waals surface area (Å²) in [4.78, 5) is 12.1. The second kappa shape index (κ2) is 8.33. The third-order valence-electron chi connectivity index (χ3n) is 2.94. The SMILES string of the molecule is CC(C)CC(Cc1cccc(Br)c1)C(=O)NCCN. The van der Waals surface area contributed by atoms with E-state index >= 15 is 0 Å². The summed E-state index contributed by atoms with van der Waals surface area (Å²) >= 11 is 3.46. The molecular weight excluding hydrogens is 304 g/mol. The van der Waals surface area contributed by atoms with Crippen LogP contribution in [0.1, 0.15) is 25.8 Å². The molecule has 0 bridgehead atoms. The molecule has 1 unspecified atom stereocenters. The van der Waals surface area contributed by atoms with Crippen molar-refractivity contribution in [2.75, 3.05) is 13.1 Å². The molecule has 0 saturated carbocycles. The molecule has 0 radical (unpaired) electrons. The topological polar surface area (TPSA) is 55.1 Å². The molecule has 0 aromatic heterocycles. The highest BCUT2D eigenvalue weighted by Gasteiger charge is 2.19. The van der Waals surface area contributed by atoms with Gasteiger partial charge >= 0.3 is 0 Å². The predicted octanol–water partition coefficient (Wildman–Crippen LogP) is 2.73. The molecule has 3 N–H and O–H groups in total. The number of hydrogen-bond donors (Lipinski definition) is 2. The number of hydrogen-bond acceptors (Lipinski definition) is 2. The van der Waals surface area contributed by atoms with E-state index in [1.54, 1.807) is 0 Å². The monoisotopic (exact) mass is 326 g/mol. The van der Waals surface area contributed by atoms with Crippen molar-refractivity contribution in [3.63, 3.8) is 0 Å². The lowest BCUT2D eigenvalue weighted by molar-refractivity contribution is -0.125. The highest BCUT2D eigenvalue weighted by atomic mass is 79.9. The van der Waals surface area contributed by atoms with Crippen LogP contribution in [0.4, 0.5) is 0 Å². The number of nitrogens with one attached hydrogen (secondary N) is 1. The van der Waals surface area contributed by atoms with Crippen molar-refractivity contribution in [3.05, 3.63) is 34.3 Å². The van der Waals surface area contributed by atoms with Crippen molar-refractivity contribution in [1.82, 2.24) is 5.32 Å². The van der Waals surface area contributed by atoms with Crippen LogP contribution in [0.25, 0.3) is 0 Å². The van der Waals surface area contributed by atoms with Crippen LogP contribution in [-0.4, -0.2) is 19.0 Å². The van der Waals surface area contributed by atoms with E-state index < -0.39 is 0 Å². The highest BCUT2D eigenvalue weighted by Crippen LogP contribution is 2.20. The number of amides is 1. The van der Waals surface area contributed by atoms with Gasteiger partial charge in [0.15, 0.2) is 0 Å². The lowest BCUT2D eigenvalue weighted by Crippen LogP contribution is -2.35. The van der Waals surface area contributed by atoms with Gasteiger partial charge in [-0.3, -0.25) is 4.79 Å². The largest absolute Gasteiger partial charge is 0.355 e. The molecule has 1 aromatic carbocycles. The van der Waals surface area contributed by atoms with E-state index in [0.29, 0.717) is 19.0 Å². The van der Waals surface area contributed by atoms with Gasteiger partial charge in [0.2, 0.25) is 5.91 Å². The van der Waals surface area contributed by atoms with Crippen molar-refractivity contribution in [3.8, 4) is 0 Å². The molecule has 19 heavy (non-hydrogen) atoms. The lowest BCUT2D eigenvalue weighted by Gasteiger charge is -2.18. The number of nitrogens with two attached hydrogens (primary N) is 1. The van der Waals surface area contributed by atoms with Gasteiger partial charge in [0.25, 0.3) is 0 Å². The molecule has 0 spiro atoms. The molecule has 1 aromatic rings. The second-order valence-electron chi connectivity index (χ2n) is 5.24. The second-order valence-corrected chi connectivity index (χ2v) is 6.16. The summed E-state index contributed by atoms with van der Waals surface area (Å²) in [5.74, 6) is 0.626.